The van der Waals surface area contributed by atoms with Crippen LogP contribution in [-0.4, -0.2) is 146 Å². The topological polar surface area (TPSA) is 121 Å². The van der Waals surface area contributed by atoms with Crippen molar-refractivity contribution < 1.29 is 38.7 Å². The molecule has 264 valence electrons. The second-order valence-corrected chi connectivity index (χ2v) is 14.9. The molecule has 0 unspecified atom stereocenters. The fourth-order valence-electron chi connectivity index (χ4n) is 6.96. The normalized spacial score (nSPS) is 36.8. The largest absolute Gasteiger partial charge is 0.463 e. The summed E-state index contributed by atoms with van der Waals surface area (Å²) in [6, 6.07) is -0.298. The Balaban J connectivity index is 2.53. The van der Waals surface area contributed by atoms with Crippen LogP contribution in [0.25, 0.3) is 0 Å². The summed E-state index contributed by atoms with van der Waals surface area (Å²) in [5.74, 6) is -1.75. The molecule has 0 saturated carbocycles. The van der Waals surface area contributed by atoms with E-state index in [1.54, 1.807) is 27.9 Å². The van der Waals surface area contributed by atoms with E-state index < -0.39 is 53.5 Å². The fourth-order valence-corrected chi connectivity index (χ4v) is 6.96. The van der Waals surface area contributed by atoms with E-state index in [1.807, 2.05) is 46.8 Å². The number of cyclic esters (lactones) is 1. The van der Waals surface area contributed by atoms with Crippen LogP contribution in [0.5, 0.6) is 0 Å². The standard InChI is InChI=1S/C34H65N3O8/c1-14-37-19-22(4)18-34(9,42-13)30(45-31-28(39)25(35(10)11)17-23(5)44-31)24(6)29(40)33(7,8)32(41)43-20-26(37)27(38)15-16-36(12)21(2)3/h21-28,30-31,38-39H,14-20H2,1-13H3/t22-,23-,24+,25+,26+,27-,28-,30-,31+,34-/m1/s1. The highest BCUT2D eigenvalue weighted by Gasteiger charge is 2.51. The van der Waals surface area contributed by atoms with Crippen molar-refractivity contribution in [2.75, 3.05) is 54.5 Å². The second kappa shape index (κ2) is 16.8. The highest BCUT2D eigenvalue weighted by Crippen LogP contribution is 2.38. The Morgan fingerprint density at radius 3 is 2.27 bits per heavy atom. The maximum absolute atomic E-state index is 14.2. The average molecular weight is 644 g/mol. The van der Waals surface area contributed by atoms with Crippen molar-refractivity contribution in [3.8, 4) is 0 Å². The number of nitrogens with zero attached hydrogens (tertiary/aromatic N) is 3. The lowest BCUT2D eigenvalue weighted by Gasteiger charge is -2.47. The molecule has 0 aliphatic carbocycles. The molecule has 11 heteroatoms. The molecule has 2 aliphatic rings. The lowest BCUT2D eigenvalue weighted by atomic mass is 9.74. The molecule has 0 bridgehead atoms. The molecule has 0 amide bonds. The van der Waals surface area contributed by atoms with Crippen molar-refractivity contribution in [2.24, 2.45) is 17.3 Å². The van der Waals surface area contributed by atoms with E-state index >= 15 is 0 Å². The minimum atomic E-state index is -1.49. The van der Waals surface area contributed by atoms with E-state index in [-0.39, 0.29) is 30.5 Å². The van der Waals surface area contributed by atoms with Gasteiger partial charge >= 0.3 is 5.97 Å². The second-order valence-electron chi connectivity index (χ2n) is 14.9. The molecule has 2 fully saturated rings. The van der Waals surface area contributed by atoms with Gasteiger partial charge in [-0.15, -0.1) is 0 Å². The first-order valence-corrected chi connectivity index (χ1v) is 16.8. The van der Waals surface area contributed by atoms with Gasteiger partial charge in [-0.1, -0.05) is 20.8 Å². The smallest absolute Gasteiger partial charge is 0.319 e. The predicted octanol–water partition coefficient (Wildman–Crippen LogP) is 2.80. The van der Waals surface area contributed by atoms with Gasteiger partial charge in [0.15, 0.2) is 12.1 Å². The number of aliphatic hydroxyl groups excluding tert-OH is 2. The predicted molar refractivity (Wildman–Crippen MR) is 175 cm³/mol. The number of hydrogen-bond donors (Lipinski definition) is 2. The molecule has 0 aromatic carbocycles. The maximum Gasteiger partial charge on any atom is 0.319 e. The molecule has 2 saturated heterocycles. The maximum atomic E-state index is 14.2. The number of hydrogen-bond acceptors (Lipinski definition) is 11. The molecule has 11 nitrogen and oxygen atoms in total. The quantitative estimate of drug-likeness (QED) is 0.270. The minimum absolute atomic E-state index is 0.0234. The zero-order chi connectivity index (χ0) is 34.4. The van der Waals surface area contributed by atoms with Crippen molar-refractivity contribution in [3.63, 3.8) is 0 Å². The van der Waals surface area contributed by atoms with Crippen LogP contribution in [0.3, 0.4) is 0 Å². The van der Waals surface area contributed by atoms with Gasteiger partial charge < -0.3 is 39.0 Å². The van der Waals surface area contributed by atoms with Gasteiger partial charge in [0.1, 0.15) is 18.1 Å². The first-order chi connectivity index (χ1) is 20.8. The third-order valence-corrected chi connectivity index (χ3v) is 10.3. The van der Waals surface area contributed by atoms with E-state index in [0.717, 1.165) is 0 Å². The highest BCUT2D eigenvalue weighted by molar-refractivity contribution is 6.04. The van der Waals surface area contributed by atoms with Crippen LogP contribution in [0, 0.1) is 17.3 Å². The summed E-state index contributed by atoms with van der Waals surface area (Å²) >= 11 is 0. The number of Topliss-reactive ketones (excluding diaryl/α,β-unsaturated/α-hetero) is 1. The zero-order valence-electron chi connectivity index (χ0n) is 30.4. The number of carbonyl (C=O) groups excluding carboxylic acids is 2. The number of ketones is 1. The van der Waals surface area contributed by atoms with Crippen LogP contribution in [0.15, 0.2) is 0 Å². The van der Waals surface area contributed by atoms with E-state index in [4.69, 9.17) is 18.9 Å². The van der Waals surface area contributed by atoms with Crippen LogP contribution in [0.2, 0.25) is 0 Å². The Labute approximate surface area is 272 Å². The Morgan fingerprint density at radius 2 is 1.73 bits per heavy atom. The van der Waals surface area contributed by atoms with Crippen LogP contribution < -0.4 is 0 Å². The third kappa shape index (κ3) is 9.92. The van der Waals surface area contributed by atoms with E-state index in [2.05, 4.69) is 30.6 Å². The molecule has 2 rings (SSSR count). The van der Waals surface area contributed by atoms with Gasteiger partial charge in [-0.3, -0.25) is 14.5 Å². The van der Waals surface area contributed by atoms with E-state index in [0.29, 0.717) is 44.9 Å². The van der Waals surface area contributed by atoms with Gasteiger partial charge in [0.05, 0.1) is 30.0 Å². The summed E-state index contributed by atoms with van der Waals surface area (Å²) in [5, 5.41) is 22.7. The monoisotopic (exact) mass is 643 g/mol. The van der Waals surface area contributed by atoms with Gasteiger partial charge in [-0.25, -0.2) is 0 Å². The summed E-state index contributed by atoms with van der Waals surface area (Å²) in [5.41, 5.74) is -2.47. The number of rotatable bonds is 10. The third-order valence-electron chi connectivity index (χ3n) is 10.3. The lowest BCUT2D eigenvalue weighted by molar-refractivity contribution is -0.295. The minimum Gasteiger partial charge on any atom is -0.463 e. The molecular formula is C34H65N3O8. The van der Waals surface area contributed by atoms with Crippen LogP contribution in [-0.2, 0) is 28.5 Å². The number of esters is 1. The summed E-state index contributed by atoms with van der Waals surface area (Å²) in [4.78, 5) is 34.1. The molecule has 10 atom stereocenters. The number of ether oxygens (including phenoxy) is 4. The fraction of sp³-hybridized carbons (Fsp3) is 0.941. The first-order valence-electron chi connectivity index (χ1n) is 16.8. The molecule has 2 heterocycles. The van der Waals surface area contributed by atoms with Crippen LogP contribution >= 0.6 is 0 Å². The number of methoxy groups -OCH3 is 1. The molecule has 2 N–H and O–H groups in total. The molecular weight excluding hydrogens is 578 g/mol. The first kappa shape index (κ1) is 40.0. The highest BCUT2D eigenvalue weighted by atomic mass is 16.7. The molecule has 0 aromatic rings. The molecule has 0 aromatic heterocycles. The molecule has 0 radical (unpaired) electrons. The molecule has 45 heavy (non-hydrogen) atoms. The Morgan fingerprint density at radius 1 is 1.11 bits per heavy atom. The van der Waals surface area contributed by atoms with Gasteiger partial charge in [0.25, 0.3) is 0 Å². The Bertz CT molecular complexity index is 948. The number of aliphatic hydroxyl groups is 2. The van der Waals surface area contributed by atoms with Gasteiger partial charge in [0, 0.05) is 38.2 Å². The zero-order valence-corrected chi connectivity index (χ0v) is 30.4. The van der Waals surface area contributed by atoms with Crippen molar-refractivity contribution in [3.05, 3.63) is 0 Å². The van der Waals surface area contributed by atoms with Crippen LogP contribution in [0.1, 0.15) is 81.6 Å². The number of likely N-dealkylation sites (N-methyl/N-ethyl adjacent to an activating group) is 2. The van der Waals surface area contributed by atoms with Crippen molar-refractivity contribution >= 4 is 11.8 Å². The lowest BCUT2D eigenvalue weighted by Crippen LogP contribution is -2.59. The van der Waals surface area contributed by atoms with Crippen molar-refractivity contribution in [1.82, 2.24) is 14.7 Å². The van der Waals surface area contributed by atoms with Gasteiger partial charge in [-0.05, 0) is 94.4 Å². The van der Waals surface area contributed by atoms with Crippen molar-refractivity contribution in [1.29, 1.82) is 0 Å². The van der Waals surface area contributed by atoms with Gasteiger partial charge in [0.2, 0.25) is 0 Å². The SMILES string of the molecule is CCN1C[C@H](C)C[C@@](C)(OC)[C@H](O[C@@H]2O[C@H](C)C[C@H](N(C)C)[C@H]2O)[C@@H](C)C(=O)C(C)(C)C(=O)OC[C@H]1[C@H](O)CCN(C)C(C)C. The summed E-state index contributed by atoms with van der Waals surface area (Å²) in [6.07, 6.45) is -2.03. The number of carbonyl (C=O) groups is 2. The van der Waals surface area contributed by atoms with Gasteiger partial charge in [-0.2, -0.15) is 0 Å². The Kier molecular flexibility index (Phi) is 14.9. The average Bonchev–Trinajstić information content (AvgIpc) is 2.97. The Hall–Kier alpha value is -1.18. The molecule has 0 spiro atoms. The van der Waals surface area contributed by atoms with E-state index in [1.165, 1.54) is 0 Å². The van der Waals surface area contributed by atoms with Crippen molar-refractivity contribution in [2.45, 2.75) is 136 Å². The van der Waals surface area contributed by atoms with Crippen LogP contribution in [0.4, 0.5) is 0 Å². The summed E-state index contributed by atoms with van der Waals surface area (Å²) < 4.78 is 24.8. The summed E-state index contributed by atoms with van der Waals surface area (Å²) in [7, 11) is 7.46. The molecule has 2 aliphatic heterocycles. The van der Waals surface area contributed by atoms with E-state index in [9.17, 15) is 19.8 Å². The summed E-state index contributed by atoms with van der Waals surface area (Å²) in [6.45, 7) is 19.1.